The second-order valence-corrected chi connectivity index (χ2v) is 4.98. The van der Waals surface area contributed by atoms with Crippen molar-refractivity contribution in [2.24, 2.45) is 0 Å². The van der Waals surface area contributed by atoms with E-state index < -0.39 is 0 Å². The van der Waals surface area contributed by atoms with Crippen molar-refractivity contribution in [1.29, 1.82) is 0 Å². The van der Waals surface area contributed by atoms with Gasteiger partial charge in [0.05, 0.1) is 11.7 Å². The number of hydrogen-bond acceptors (Lipinski definition) is 2. The van der Waals surface area contributed by atoms with Gasteiger partial charge in [0.25, 0.3) is 0 Å². The molecule has 0 radical (unpaired) electrons. The molecule has 0 saturated heterocycles. The molecule has 0 aliphatic rings. The van der Waals surface area contributed by atoms with Crippen LogP contribution in [0.3, 0.4) is 0 Å². The average molecular weight is 279 g/mol. The van der Waals surface area contributed by atoms with Gasteiger partial charge in [-0.25, -0.2) is 4.39 Å². The van der Waals surface area contributed by atoms with E-state index >= 15 is 0 Å². The zero-order chi connectivity index (χ0) is 13.8. The van der Waals surface area contributed by atoms with Crippen LogP contribution in [-0.2, 0) is 6.42 Å². The van der Waals surface area contributed by atoms with Gasteiger partial charge in [-0.3, -0.25) is 4.98 Å². The minimum atomic E-state index is -0.239. The Hall–Kier alpha value is -1.45. The lowest BCUT2D eigenvalue weighted by molar-refractivity contribution is 0.544. The number of hydrogen-bond donors (Lipinski definition) is 1. The molecule has 1 atom stereocenters. The van der Waals surface area contributed by atoms with Gasteiger partial charge < -0.3 is 5.32 Å². The molecule has 1 N–H and O–H groups in total. The summed E-state index contributed by atoms with van der Waals surface area (Å²) in [6.45, 7) is 2.01. The molecule has 1 heterocycles. The number of halogens is 2. The number of nitrogens with one attached hydrogen (secondary N) is 1. The highest BCUT2D eigenvalue weighted by molar-refractivity contribution is 6.30. The quantitative estimate of drug-likeness (QED) is 0.923. The van der Waals surface area contributed by atoms with Crippen LogP contribution in [0.25, 0.3) is 0 Å². The highest BCUT2D eigenvalue weighted by Crippen LogP contribution is 2.21. The van der Waals surface area contributed by atoms with Gasteiger partial charge in [0.1, 0.15) is 5.82 Å². The summed E-state index contributed by atoms with van der Waals surface area (Å²) in [4.78, 5) is 4.34. The zero-order valence-electron chi connectivity index (χ0n) is 11.0. The van der Waals surface area contributed by atoms with Crippen LogP contribution in [0, 0.1) is 12.7 Å². The molecular formula is C15H16ClFN2. The second-order valence-electron chi connectivity index (χ2n) is 4.54. The van der Waals surface area contributed by atoms with Crippen molar-refractivity contribution in [2.75, 3.05) is 7.05 Å². The molecule has 0 spiro atoms. The van der Waals surface area contributed by atoms with Crippen LogP contribution >= 0.6 is 11.6 Å². The van der Waals surface area contributed by atoms with Gasteiger partial charge in [-0.2, -0.15) is 0 Å². The Morgan fingerprint density at radius 1 is 1.32 bits per heavy atom. The first-order chi connectivity index (χ1) is 9.10. The van der Waals surface area contributed by atoms with Gasteiger partial charge in [-0.15, -0.1) is 0 Å². The van der Waals surface area contributed by atoms with Crippen LogP contribution in [0.4, 0.5) is 4.39 Å². The predicted octanol–water partition coefficient (Wildman–Crippen LogP) is 3.69. The van der Waals surface area contributed by atoms with Crippen molar-refractivity contribution in [2.45, 2.75) is 19.4 Å². The minimum absolute atomic E-state index is 0.0344. The third-order valence-electron chi connectivity index (χ3n) is 3.07. The molecule has 1 aromatic heterocycles. The summed E-state index contributed by atoms with van der Waals surface area (Å²) in [5.41, 5.74) is 2.63. The highest BCUT2D eigenvalue weighted by atomic mass is 35.5. The van der Waals surface area contributed by atoms with Crippen LogP contribution in [0.1, 0.15) is 22.9 Å². The van der Waals surface area contributed by atoms with Crippen molar-refractivity contribution < 1.29 is 4.39 Å². The van der Waals surface area contributed by atoms with Crippen LogP contribution in [0.2, 0.25) is 5.02 Å². The summed E-state index contributed by atoms with van der Waals surface area (Å²) >= 11 is 5.91. The van der Waals surface area contributed by atoms with E-state index in [0.29, 0.717) is 17.0 Å². The fourth-order valence-electron chi connectivity index (χ4n) is 2.02. The summed E-state index contributed by atoms with van der Waals surface area (Å²) in [6, 6.07) is 8.53. The Balaban J connectivity index is 2.26. The lowest BCUT2D eigenvalue weighted by atomic mass is 10.0. The Kier molecular flexibility index (Phi) is 4.51. The molecule has 2 aromatic rings. The first kappa shape index (κ1) is 14.0. The molecule has 0 fully saturated rings. The number of benzene rings is 1. The van der Waals surface area contributed by atoms with E-state index in [1.807, 2.05) is 26.1 Å². The van der Waals surface area contributed by atoms with Crippen molar-refractivity contribution in [1.82, 2.24) is 10.3 Å². The Morgan fingerprint density at radius 3 is 2.79 bits per heavy atom. The van der Waals surface area contributed by atoms with Gasteiger partial charge >= 0.3 is 0 Å². The average Bonchev–Trinajstić information content (AvgIpc) is 2.39. The molecule has 4 heteroatoms. The number of aryl methyl sites for hydroxylation is 1. The first-order valence-corrected chi connectivity index (χ1v) is 6.51. The molecule has 0 amide bonds. The van der Waals surface area contributed by atoms with Gasteiger partial charge in [-0.1, -0.05) is 11.6 Å². The normalized spacial score (nSPS) is 12.4. The predicted molar refractivity (Wildman–Crippen MR) is 75.9 cm³/mol. The molecule has 19 heavy (non-hydrogen) atoms. The molecule has 1 aromatic carbocycles. The van der Waals surface area contributed by atoms with Gasteiger partial charge in [0.2, 0.25) is 0 Å². The lowest BCUT2D eigenvalue weighted by Gasteiger charge is -2.16. The van der Waals surface area contributed by atoms with Crippen LogP contribution in [0.15, 0.2) is 36.5 Å². The molecule has 0 bridgehead atoms. The number of rotatable bonds is 4. The van der Waals surface area contributed by atoms with E-state index in [0.717, 1.165) is 11.3 Å². The summed E-state index contributed by atoms with van der Waals surface area (Å²) in [5, 5.41) is 3.71. The van der Waals surface area contributed by atoms with Crippen molar-refractivity contribution >= 4 is 11.6 Å². The Bertz CT molecular complexity index is 572. The molecule has 100 valence electrons. The molecule has 0 aliphatic heterocycles. The monoisotopic (exact) mass is 278 g/mol. The fraction of sp³-hybridized carbons (Fsp3) is 0.267. The van der Waals surface area contributed by atoms with E-state index in [4.69, 9.17) is 11.6 Å². The van der Waals surface area contributed by atoms with E-state index in [1.54, 1.807) is 18.3 Å². The van der Waals surface area contributed by atoms with Crippen LogP contribution < -0.4 is 5.32 Å². The van der Waals surface area contributed by atoms with E-state index in [2.05, 4.69) is 10.3 Å². The smallest absolute Gasteiger partial charge is 0.126 e. The molecule has 2 nitrogen and oxygen atoms in total. The van der Waals surface area contributed by atoms with E-state index in [-0.39, 0.29) is 11.9 Å². The maximum atomic E-state index is 13.8. The Morgan fingerprint density at radius 2 is 2.11 bits per heavy atom. The van der Waals surface area contributed by atoms with Crippen LogP contribution in [0.5, 0.6) is 0 Å². The maximum absolute atomic E-state index is 13.8. The highest BCUT2D eigenvalue weighted by Gasteiger charge is 2.14. The molecule has 0 saturated carbocycles. The summed E-state index contributed by atoms with van der Waals surface area (Å²) in [5.74, 6) is -0.239. The Labute approximate surface area is 117 Å². The topological polar surface area (TPSA) is 24.9 Å². The summed E-state index contributed by atoms with van der Waals surface area (Å²) < 4.78 is 13.8. The standard InChI is InChI=1S/C15H16ClFN2/c1-10-5-6-19-15(7-10)14(18-2)9-11-8-12(16)3-4-13(11)17/h3-8,14,18H,9H2,1-2H3. The van der Waals surface area contributed by atoms with Gasteiger partial charge in [-0.05, 0) is 61.9 Å². The molecule has 1 unspecified atom stereocenters. The number of aromatic nitrogens is 1. The SMILES string of the molecule is CNC(Cc1cc(Cl)ccc1F)c1cc(C)ccn1. The van der Waals surface area contributed by atoms with Crippen LogP contribution in [-0.4, -0.2) is 12.0 Å². The van der Waals surface area contributed by atoms with Gasteiger partial charge in [0.15, 0.2) is 0 Å². The first-order valence-electron chi connectivity index (χ1n) is 6.14. The largest absolute Gasteiger partial charge is 0.311 e. The zero-order valence-corrected chi connectivity index (χ0v) is 11.7. The third kappa shape index (κ3) is 3.52. The number of pyridine rings is 1. The third-order valence-corrected chi connectivity index (χ3v) is 3.31. The lowest BCUT2D eigenvalue weighted by Crippen LogP contribution is -2.20. The van der Waals surface area contributed by atoms with E-state index in [9.17, 15) is 4.39 Å². The van der Waals surface area contributed by atoms with Crippen molar-refractivity contribution in [3.05, 3.63) is 64.2 Å². The second kappa shape index (κ2) is 6.13. The maximum Gasteiger partial charge on any atom is 0.126 e. The number of likely N-dealkylation sites (N-methyl/N-ethyl adjacent to an activating group) is 1. The van der Waals surface area contributed by atoms with Crippen molar-refractivity contribution in [3.63, 3.8) is 0 Å². The summed E-state index contributed by atoms with van der Waals surface area (Å²) in [6.07, 6.45) is 2.28. The fourth-order valence-corrected chi connectivity index (χ4v) is 2.22. The summed E-state index contributed by atoms with van der Waals surface area (Å²) in [7, 11) is 1.84. The molecule has 2 rings (SSSR count). The van der Waals surface area contributed by atoms with Crippen molar-refractivity contribution in [3.8, 4) is 0 Å². The number of nitrogens with zero attached hydrogens (tertiary/aromatic N) is 1. The molecule has 0 aliphatic carbocycles. The van der Waals surface area contributed by atoms with Gasteiger partial charge in [0, 0.05) is 11.2 Å². The molecular weight excluding hydrogens is 263 g/mol. The minimum Gasteiger partial charge on any atom is -0.311 e. The van der Waals surface area contributed by atoms with E-state index in [1.165, 1.54) is 6.07 Å².